The molecule has 4 heteroatoms. The SMILES string of the molecule is O=C(O)O.[C+4].[C].[O-2]. The Balaban J connectivity index is -0.0000000150. The van der Waals surface area contributed by atoms with E-state index in [4.69, 9.17) is 15.0 Å². The van der Waals surface area contributed by atoms with E-state index in [1.54, 1.807) is 0 Å². The monoisotopic (exact) mass is 102 g/mol. The second-order valence-electron chi connectivity index (χ2n) is 0.283. The molecule has 0 aromatic rings. The van der Waals surface area contributed by atoms with Crippen LogP contribution in [0.5, 0.6) is 0 Å². The summed E-state index contributed by atoms with van der Waals surface area (Å²) in [4.78, 5) is 8.56. The molecular formula is C3H2O4+2. The van der Waals surface area contributed by atoms with Gasteiger partial charge >= 0.3 is 13.6 Å². The van der Waals surface area contributed by atoms with Crippen molar-refractivity contribution in [3.63, 3.8) is 0 Å². The second-order valence-corrected chi connectivity index (χ2v) is 0.283. The summed E-state index contributed by atoms with van der Waals surface area (Å²) in [6, 6.07) is 0. The number of hydrogen-bond acceptors (Lipinski definition) is 1. The third kappa shape index (κ3) is 92.0. The van der Waals surface area contributed by atoms with Gasteiger partial charge < -0.3 is 15.7 Å². The van der Waals surface area contributed by atoms with Crippen LogP contribution in [-0.4, -0.2) is 16.4 Å². The van der Waals surface area contributed by atoms with Crippen molar-refractivity contribution in [1.29, 1.82) is 0 Å². The number of carbonyl (C=O) groups is 1. The van der Waals surface area contributed by atoms with E-state index in [9.17, 15) is 0 Å². The number of rotatable bonds is 0. The average molecular weight is 102 g/mol. The van der Waals surface area contributed by atoms with E-state index < -0.39 is 6.16 Å². The molecule has 0 saturated carbocycles. The molecule has 7 heavy (non-hydrogen) atoms. The Morgan fingerprint density at radius 1 is 1.29 bits per heavy atom. The second kappa shape index (κ2) is 18.8. The van der Waals surface area contributed by atoms with E-state index in [-0.39, 0.29) is 20.3 Å². The van der Waals surface area contributed by atoms with Gasteiger partial charge in [-0.15, -0.1) is 0 Å². The van der Waals surface area contributed by atoms with Crippen LogP contribution in [0, 0.1) is 14.9 Å². The molecule has 0 atom stereocenters. The minimum absolute atomic E-state index is 0. The third-order valence-corrected chi connectivity index (χ3v) is 0. The summed E-state index contributed by atoms with van der Waals surface area (Å²) in [6.07, 6.45) is -1.83. The Morgan fingerprint density at radius 2 is 1.29 bits per heavy atom. The summed E-state index contributed by atoms with van der Waals surface area (Å²) in [5.74, 6) is 0. The topological polar surface area (TPSA) is 86.0 Å². The standard InChI is InChI=1S/CH2O3.2C.O/c2-1(3)4;;;/h(H2,2,3,4);;;/q;;+4;-2. The summed E-state index contributed by atoms with van der Waals surface area (Å²) >= 11 is 0. The van der Waals surface area contributed by atoms with Gasteiger partial charge in [0.25, 0.3) is 0 Å². The zero-order chi connectivity index (χ0) is 3.58. The molecule has 0 unspecified atom stereocenters. The molecule has 0 fully saturated rings. The summed E-state index contributed by atoms with van der Waals surface area (Å²) in [7, 11) is 0. The maximum Gasteiger partial charge on any atom is 4.00 e. The molecule has 0 aliphatic heterocycles. The van der Waals surface area contributed by atoms with Gasteiger partial charge in [-0.1, -0.05) is 0 Å². The average Bonchev–Trinajstić information content (AvgIpc) is 0.811. The van der Waals surface area contributed by atoms with Crippen LogP contribution in [0.15, 0.2) is 0 Å². The fraction of sp³-hybridized carbons (Fsp3) is 0. The molecule has 4 radical (unpaired) electrons. The van der Waals surface area contributed by atoms with Gasteiger partial charge in [0.1, 0.15) is 0 Å². The number of carboxylic acid groups (broad SMARTS) is 2. The van der Waals surface area contributed by atoms with E-state index in [2.05, 4.69) is 0 Å². The van der Waals surface area contributed by atoms with Crippen molar-refractivity contribution < 1.29 is 20.5 Å². The first-order valence-corrected chi connectivity index (χ1v) is 0.651. The maximum absolute atomic E-state index is 8.56. The van der Waals surface area contributed by atoms with Gasteiger partial charge in [-0.3, -0.25) is 0 Å². The molecule has 0 spiro atoms. The van der Waals surface area contributed by atoms with Crippen LogP contribution in [-0.2, 0) is 5.48 Å². The van der Waals surface area contributed by atoms with Crippen molar-refractivity contribution in [2.45, 2.75) is 0 Å². The minimum Gasteiger partial charge on any atom is -2.00 e. The molecule has 0 aliphatic carbocycles. The van der Waals surface area contributed by atoms with Crippen molar-refractivity contribution in [2.75, 3.05) is 0 Å². The molecule has 0 bridgehead atoms. The summed E-state index contributed by atoms with van der Waals surface area (Å²) in [5.41, 5.74) is 0. The molecular weight excluding hydrogens is 100 g/mol. The van der Waals surface area contributed by atoms with Crippen LogP contribution in [0.25, 0.3) is 0 Å². The van der Waals surface area contributed by atoms with Gasteiger partial charge in [0.2, 0.25) is 0 Å². The first-order valence-electron chi connectivity index (χ1n) is 0.651. The van der Waals surface area contributed by atoms with Gasteiger partial charge in [-0.25, -0.2) is 4.79 Å². The molecule has 0 aromatic carbocycles. The fourth-order valence-electron chi connectivity index (χ4n) is 0. The quantitative estimate of drug-likeness (QED) is 0.460. The molecule has 0 amide bonds. The van der Waals surface area contributed by atoms with E-state index >= 15 is 0 Å². The zero-order valence-corrected chi connectivity index (χ0v) is 3.21. The van der Waals surface area contributed by atoms with Crippen molar-refractivity contribution in [3.05, 3.63) is 14.9 Å². The molecule has 36 valence electrons. The Morgan fingerprint density at radius 3 is 1.29 bits per heavy atom. The van der Waals surface area contributed by atoms with E-state index in [0.29, 0.717) is 0 Å². The van der Waals surface area contributed by atoms with Crippen LogP contribution in [0.3, 0.4) is 0 Å². The first kappa shape index (κ1) is 34.3. The maximum atomic E-state index is 8.56. The zero-order valence-electron chi connectivity index (χ0n) is 3.21. The van der Waals surface area contributed by atoms with Gasteiger partial charge in [0.15, 0.2) is 0 Å². The fourth-order valence-corrected chi connectivity index (χ4v) is 0. The van der Waals surface area contributed by atoms with E-state index in [1.165, 1.54) is 0 Å². The van der Waals surface area contributed by atoms with Gasteiger partial charge in [-0.05, 0) is 0 Å². The van der Waals surface area contributed by atoms with E-state index in [1.807, 2.05) is 0 Å². The summed E-state index contributed by atoms with van der Waals surface area (Å²) in [5, 5.41) is 13.9. The first-order chi connectivity index (χ1) is 1.73. The minimum atomic E-state index is -1.83. The Labute approximate surface area is 42.7 Å². The van der Waals surface area contributed by atoms with Crippen molar-refractivity contribution >= 4 is 6.16 Å². The van der Waals surface area contributed by atoms with Crippen LogP contribution in [0.2, 0.25) is 0 Å². The van der Waals surface area contributed by atoms with Crippen molar-refractivity contribution in [3.8, 4) is 0 Å². The molecule has 0 aliphatic rings. The van der Waals surface area contributed by atoms with E-state index in [0.717, 1.165) is 0 Å². The molecule has 0 saturated heterocycles. The predicted molar refractivity (Wildman–Crippen MR) is 17.8 cm³/mol. The largest absolute Gasteiger partial charge is 4.00 e. The molecule has 2 N–H and O–H groups in total. The van der Waals surface area contributed by atoms with Gasteiger partial charge in [0, 0.05) is 7.43 Å². The Kier molecular flexibility index (Phi) is 92.1. The molecule has 0 heterocycles. The van der Waals surface area contributed by atoms with Crippen LogP contribution < -0.4 is 0 Å². The normalized spacial score (nSPS) is 3.43. The molecule has 0 aromatic heterocycles. The molecule has 4 nitrogen and oxygen atoms in total. The van der Waals surface area contributed by atoms with Crippen LogP contribution in [0.1, 0.15) is 0 Å². The van der Waals surface area contributed by atoms with Crippen LogP contribution in [0.4, 0.5) is 4.79 Å². The summed E-state index contributed by atoms with van der Waals surface area (Å²) < 4.78 is 0. The van der Waals surface area contributed by atoms with Crippen molar-refractivity contribution in [2.24, 2.45) is 0 Å². The number of hydrogen-bond donors (Lipinski definition) is 2. The van der Waals surface area contributed by atoms with Gasteiger partial charge in [-0.2, -0.15) is 0 Å². The smallest absolute Gasteiger partial charge is 2.00 e. The van der Waals surface area contributed by atoms with Gasteiger partial charge in [0.05, 0.1) is 0 Å². The Hall–Kier alpha value is -0.770. The summed E-state index contributed by atoms with van der Waals surface area (Å²) in [6.45, 7) is 0. The molecule has 0 rings (SSSR count). The Bertz CT molecular complexity index is 29.9. The third-order valence-electron chi connectivity index (χ3n) is 0. The van der Waals surface area contributed by atoms with Crippen molar-refractivity contribution in [1.82, 2.24) is 0 Å². The van der Waals surface area contributed by atoms with Crippen LogP contribution >= 0.6 is 0 Å². The predicted octanol–water partition coefficient (Wildman–Crippen LogP) is 0.266.